The van der Waals surface area contributed by atoms with Crippen LogP contribution in [-0.4, -0.2) is 41.8 Å². The van der Waals surface area contributed by atoms with Gasteiger partial charge in [0, 0.05) is 25.7 Å². The van der Waals surface area contributed by atoms with Crippen molar-refractivity contribution in [3.8, 4) is 0 Å². The number of nitrogens with two attached hydrogens (primary N) is 1. The lowest BCUT2D eigenvalue weighted by Gasteiger charge is -2.52. The van der Waals surface area contributed by atoms with Crippen LogP contribution in [0.15, 0.2) is 0 Å². The van der Waals surface area contributed by atoms with Gasteiger partial charge in [0.2, 0.25) is 0 Å². The first kappa shape index (κ1) is 9.44. The first-order valence-electron chi connectivity index (χ1n) is 5.36. The monoisotopic (exact) mass is 184 g/mol. The van der Waals surface area contributed by atoms with Crippen LogP contribution in [-0.2, 0) is 0 Å². The standard InChI is InChI=1S/C10H20N2O/c1-2-9(13)6-12-4-7-3-8(5-12)10(7)11/h7-10,13H,2-6,11H2,1H3/t7?,8?,9-,10?/m0/s1. The number of hydrogen-bond donors (Lipinski definition) is 2. The van der Waals surface area contributed by atoms with Crippen LogP contribution < -0.4 is 5.73 Å². The molecular formula is C10H20N2O. The zero-order chi connectivity index (χ0) is 9.42. The van der Waals surface area contributed by atoms with Crippen molar-refractivity contribution < 1.29 is 5.11 Å². The van der Waals surface area contributed by atoms with Gasteiger partial charge >= 0.3 is 0 Å². The fraction of sp³-hybridized carbons (Fsp3) is 1.00. The molecule has 3 rings (SSSR count). The van der Waals surface area contributed by atoms with E-state index in [1.54, 1.807) is 0 Å². The number of hydrogen-bond acceptors (Lipinski definition) is 3. The van der Waals surface area contributed by atoms with E-state index in [4.69, 9.17) is 5.73 Å². The zero-order valence-corrected chi connectivity index (χ0v) is 8.32. The van der Waals surface area contributed by atoms with Gasteiger partial charge in [0.1, 0.15) is 0 Å². The van der Waals surface area contributed by atoms with E-state index in [0.29, 0.717) is 17.9 Å². The highest BCUT2D eigenvalue weighted by atomic mass is 16.3. The fourth-order valence-corrected chi connectivity index (χ4v) is 2.60. The third-order valence-electron chi connectivity index (χ3n) is 3.62. The maximum atomic E-state index is 9.50. The Balaban J connectivity index is 1.79. The van der Waals surface area contributed by atoms with Crippen LogP contribution in [0, 0.1) is 11.8 Å². The number of fused-ring (bicyclic) bond motifs is 2. The van der Waals surface area contributed by atoms with Crippen molar-refractivity contribution >= 4 is 0 Å². The van der Waals surface area contributed by atoms with Crippen molar-refractivity contribution in [1.29, 1.82) is 0 Å². The molecule has 0 radical (unpaired) electrons. The maximum absolute atomic E-state index is 9.50. The summed E-state index contributed by atoms with van der Waals surface area (Å²) in [6, 6.07) is 0.454. The van der Waals surface area contributed by atoms with Crippen LogP contribution >= 0.6 is 0 Å². The number of rotatable bonds is 3. The lowest BCUT2D eigenvalue weighted by atomic mass is 9.67. The molecule has 3 N–H and O–H groups in total. The number of aliphatic hydroxyl groups is 1. The average molecular weight is 184 g/mol. The molecule has 3 nitrogen and oxygen atoms in total. The van der Waals surface area contributed by atoms with Crippen LogP contribution in [0.1, 0.15) is 19.8 Å². The highest BCUT2D eigenvalue weighted by Crippen LogP contribution is 2.38. The molecule has 0 aromatic carbocycles. The molecule has 1 saturated carbocycles. The molecule has 2 aliphatic heterocycles. The summed E-state index contributed by atoms with van der Waals surface area (Å²) in [7, 11) is 0. The van der Waals surface area contributed by atoms with Gasteiger partial charge in [-0.15, -0.1) is 0 Å². The van der Waals surface area contributed by atoms with Crippen LogP contribution in [0.3, 0.4) is 0 Å². The summed E-state index contributed by atoms with van der Waals surface area (Å²) in [5.41, 5.74) is 5.96. The SMILES string of the molecule is CC[C@H](O)CN1CC2CC(C1)C2N. The Labute approximate surface area is 79.9 Å². The van der Waals surface area contributed by atoms with Crippen molar-refractivity contribution in [2.75, 3.05) is 19.6 Å². The summed E-state index contributed by atoms with van der Waals surface area (Å²) in [5, 5.41) is 9.50. The van der Waals surface area contributed by atoms with E-state index in [1.807, 2.05) is 6.92 Å². The molecule has 2 saturated heterocycles. The predicted octanol–water partition coefficient (Wildman–Crippen LogP) is 0.0363. The Morgan fingerprint density at radius 3 is 2.54 bits per heavy atom. The van der Waals surface area contributed by atoms with E-state index >= 15 is 0 Å². The molecule has 76 valence electrons. The Morgan fingerprint density at radius 1 is 1.46 bits per heavy atom. The molecule has 0 amide bonds. The van der Waals surface area contributed by atoms with Gasteiger partial charge in [-0.05, 0) is 24.7 Å². The molecule has 13 heavy (non-hydrogen) atoms. The third-order valence-corrected chi connectivity index (χ3v) is 3.62. The summed E-state index contributed by atoms with van der Waals surface area (Å²) >= 11 is 0. The molecule has 0 aromatic rings. The van der Waals surface area contributed by atoms with E-state index in [2.05, 4.69) is 4.90 Å². The number of aliphatic hydroxyl groups excluding tert-OH is 1. The minimum Gasteiger partial charge on any atom is -0.392 e. The average Bonchev–Trinajstić information content (AvgIpc) is 2.17. The van der Waals surface area contributed by atoms with Gasteiger partial charge in [0.25, 0.3) is 0 Å². The molecule has 2 heterocycles. The molecule has 3 atom stereocenters. The Bertz CT molecular complexity index is 171. The second-order valence-electron chi connectivity index (χ2n) is 4.61. The van der Waals surface area contributed by atoms with Gasteiger partial charge in [0.15, 0.2) is 0 Å². The van der Waals surface area contributed by atoms with Gasteiger partial charge in [-0.2, -0.15) is 0 Å². The topological polar surface area (TPSA) is 49.5 Å². The molecule has 3 heteroatoms. The summed E-state index contributed by atoms with van der Waals surface area (Å²) in [4.78, 5) is 2.37. The minimum absolute atomic E-state index is 0.145. The molecular weight excluding hydrogens is 164 g/mol. The van der Waals surface area contributed by atoms with Crippen molar-refractivity contribution in [1.82, 2.24) is 4.90 Å². The molecule has 3 fully saturated rings. The van der Waals surface area contributed by atoms with E-state index in [1.165, 1.54) is 6.42 Å². The fourth-order valence-electron chi connectivity index (χ4n) is 2.60. The second kappa shape index (κ2) is 3.56. The minimum atomic E-state index is -0.145. The highest BCUT2D eigenvalue weighted by molar-refractivity contribution is 4.99. The van der Waals surface area contributed by atoms with Crippen molar-refractivity contribution in [3.63, 3.8) is 0 Å². The highest BCUT2D eigenvalue weighted by Gasteiger charge is 2.44. The molecule has 2 unspecified atom stereocenters. The van der Waals surface area contributed by atoms with Gasteiger partial charge in [0.05, 0.1) is 6.10 Å². The smallest absolute Gasteiger partial charge is 0.0664 e. The third kappa shape index (κ3) is 1.73. The van der Waals surface area contributed by atoms with Crippen LogP contribution in [0.4, 0.5) is 0 Å². The Morgan fingerprint density at radius 2 is 2.08 bits per heavy atom. The number of piperidine rings is 2. The van der Waals surface area contributed by atoms with Gasteiger partial charge in [-0.1, -0.05) is 6.92 Å². The van der Waals surface area contributed by atoms with E-state index in [9.17, 15) is 5.11 Å². The van der Waals surface area contributed by atoms with Crippen molar-refractivity contribution in [3.05, 3.63) is 0 Å². The first-order chi connectivity index (χ1) is 6.20. The molecule has 1 aliphatic carbocycles. The maximum Gasteiger partial charge on any atom is 0.0664 e. The van der Waals surface area contributed by atoms with Gasteiger partial charge in [-0.3, -0.25) is 0 Å². The lowest BCUT2D eigenvalue weighted by molar-refractivity contribution is -0.0182. The molecule has 2 bridgehead atoms. The zero-order valence-electron chi connectivity index (χ0n) is 8.32. The second-order valence-corrected chi connectivity index (χ2v) is 4.61. The van der Waals surface area contributed by atoms with Gasteiger partial charge < -0.3 is 15.7 Å². The van der Waals surface area contributed by atoms with Gasteiger partial charge in [-0.25, -0.2) is 0 Å². The van der Waals surface area contributed by atoms with Crippen molar-refractivity contribution in [2.45, 2.75) is 31.9 Å². The summed E-state index contributed by atoms with van der Waals surface area (Å²) in [6.45, 7) is 5.08. The Kier molecular flexibility index (Phi) is 2.58. The van der Waals surface area contributed by atoms with Crippen LogP contribution in [0.2, 0.25) is 0 Å². The Hall–Kier alpha value is -0.120. The van der Waals surface area contributed by atoms with Crippen molar-refractivity contribution in [2.24, 2.45) is 17.6 Å². The summed E-state index contributed by atoms with van der Waals surface area (Å²) < 4.78 is 0. The lowest BCUT2D eigenvalue weighted by Crippen LogP contribution is -2.62. The van der Waals surface area contributed by atoms with E-state index in [-0.39, 0.29) is 6.10 Å². The van der Waals surface area contributed by atoms with E-state index in [0.717, 1.165) is 26.1 Å². The molecule has 0 spiro atoms. The summed E-state index contributed by atoms with van der Waals surface area (Å²) in [5.74, 6) is 1.42. The molecule has 3 aliphatic rings. The largest absolute Gasteiger partial charge is 0.392 e. The normalized spacial score (nSPS) is 41.3. The summed E-state index contributed by atoms with van der Waals surface area (Å²) in [6.07, 6.45) is 2.03. The first-order valence-corrected chi connectivity index (χ1v) is 5.36. The molecule has 0 aromatic heterocycles. The van der Waals surface area contributed by atoms with E-state index < -0.39 is 0 Å². The predicted molar refractivity (Wildman–Crippen MR) is 52.3 cm³/mol. The van der Waals surface area contributed by atoms with Crippen LogP contribution in [0.25, 0.3) is 0 Å². The van der Waals surface area contributed by atoms with Crippen LogP contribution in [0.5, 0.6) is 0 Å². The number of nitrogens with zero attached hydrogens (tertiary/aromatic N) is 1. The quantitative estimate of drug-likeness (QED) is 0.651.